The molecule has 0 unspecified atom stereocenters. The molecular weight excluding hydrogens is 307 g/mol. The van der Waals surface area contributed by atoms with Crippen molar-refractivity contribution in [2.45, 2.75) is 44.6 Å². The van der Waals surface area contributed by atoms with E-state index in [1.54, 1.807) is 17.0 Å². The minimum Gasteiger partial charge on any atom is -0.493 e. The number of halogens is 1. The van der Waals surface area contributed by atoms with Crippen molar-refractivity contribution in [2.24, 2.45) is 0 Å². The summed E-state index contributed by atoms with van der Waals surface area (Å²) in [6.07, 6.45) is 6.89. The van der Waals surface area contributed by atoms with Crippen LogP contribution in [0, 0.1) is 5.82 Å². The zero-order valence-corrected chi connectivity index (χ0v) is 14.8. The average Bonchev–Trinajstić information content (AvgIpc) is 2.61. The predicted octanol–water partition coefficient (Wildman–Crippen LogP) is 3.32. The number of likely N-dealkylation sites (N-methyl/N-ethyl adjacent to an activating group) is 2. The Bertz CT molecular complexity index is 501. The summed E-state index contributed by atoms with van der Waals surface area (Å²) in [5.41, 5.74) is 0. The molecule has 0 bridgehead atoms. The number of benzene rings is 1. The minimum absolute atomic E-state index is 0.0779. The molecule has 1 aromatic rings. The number of carbonyl (C=O) groups excluding carboxylic acids is 1. The van der Waals surface area contributed by atoms with Crippen molar-refractivity contribution < 1.29 is 13.9 Å². The average molecular weight is 336 g/mol. The van der Waals surface area contributed by atoms with Crippen LogP contribution < -0.4 is 4.74 Å². The van der Waals surface area contributed by atoms with Gasteiger partial charge in [-0.05, 0) is 44.2 Å². The lowest BCUT2D eigenvalue weighted by Crippen LogP contribution is -2.40. The van der Waals surface area contributed by atoms with Gasteiger partial charge in [-0.2, -0.15) is 0 Å². The molecule has 0 heterocycles. The van der Waals surface area contributed by atoms with Gasteiger partial charge in [-0.1, -0.05) is 19.3 Å². The van der Waals surface area contributed by atoms with Crippen LogP contribution in [0.2, 0.25) is 0 Å². The van der Waals surface area contributed by atoms with Crippen LogP contribution in [0.25, 0.3) is 0 Å². The quantitative estimate of drug-likeness (QED) is 0.730. The van der Waals surface area contributed by atoms with Gasteiger partial charge in [0.25, 0.3) is 0 Å². The first-order valence-corrected chi connectivity index (χ1v) is 8.89. The molecule has 24 heavy (non-hydrogen) atoms. The maximum atomic E-state index is 12.8. The summed E-state index contributed by atoms with van der Waals surface area (Å²) in [6, 6.07) is 6.52. The number of rotatable bonds is 8. The lowest BCUT2D eigenvalue weighted by molar-refractivity contribution is -0.130. The highest BCUT2D eigenvalue weighted by Crippen LogP contribution is 2.21. The predicted molar refractivity (Wildman–Crippen MR) is 93.7 cm³/mol. The molecule has 0 aromatic heterocycles. The lowest BCUT2D eigenvalue weighted by atomic mass is 9.94. The summed E-state index contributed by atoms with van der Waals surface area (Å²) in [7, 11) is 4.00. The van der Waals surface area contributed by atoms with Crippen molar-refractivity contribution in [3.05, 3.63) is 30.1 Å². The molecule has 0 aliphatic heterocycles. The number of carbonyl (C=O) groups is 1. The van der Waals surface area contributed by atoms with Crippen LogP contribution >= 0.6 is 0 Å². The largest absolute Gasteiger partial charge is 0.493 e. The van der Waals surface area contributed by atoms with E-state index in [0.29, 0.717) is 24.8 Å². The Morgan fingerprint density at radius 3 is 2.46 bits per heavy atom. The van der Waals surface area contributed by atoms with Crippen LogP contribution in [-0.4, -0.2) is 55.5 Å². The highest BCUT2D eigenvalue weighted by atomic mass is 19.1. The Labute approximate surface area is 144 Å². The Hall–Kier alpha value is -1.62. The molecule has 0 radical (unpaired) electrons. The Balaban J connectivity index is 1.63. The number of amides is 1. The van der Waals surface area contributed by atoms with E-state index in [4.69, 9.17) is 4.74 Å². The summed E-state index contributed by atoms with van der Waals surface area (Å²) >= 11 is 0. The van der Waals surface area contributed by atoms with Crippen LogP contribution in [0.5, 0.6) is 5.75 Å². The van der Waals surface area contributed by atoms with E-state index < -0.39 is 0 Å². The number of nitrogens with zero attached hydrogens (tertiary/aromatic N) is 2. The first-order valence-electron chi connectivity index (χ1n) is 8.89. The monoisotopic (exact) mass is 336 g/mol. The van der Waals surface area contributed by atoms with Crippen molar-refractivity contribution >= 4 is 5.91 Å². The molecule has 2 rings (SSSR count). The van der Waals surface area contributed by atoms with Gasteiger partial charge in [-0.15, -0.1) is 0 Å². The number of hydrogen-bond donors (Lipinski definition) is 0. The van der Waals surface area contributed by atoms with Crippen molar-refractivity contribution in [3.63, 3.8) is 0 Å². The molecule has 5 heteroatoms. The number of ether oxygens (including phenoxy) is 1. The first-order chi connectivity index (χ1) is 11.6. The maximum absolute atomic E-state index is 12.8. The summed E-state index contributed by atoms with van der Waals surface area (Å²) in [5, 5.41) is 0. The molecule has 1 fully saturated rings. The van der Waals surface area contributed by atoms with Crippen LogP contribution in [-0.2, 0) is 4.79 Å². The number of hydrogen-bond acceptors (Lipinski definition) is 3. The third kappa shape index (κ3) is 6.11. The highest BCUT2D eigenvalue weighted by Gasteiger charge is 2.18. The van der Waals surface area contributed by atoms with Gasteiger partial charge < -0.3 is 14.5 Å². The van der Waals surface area contributed by atoms with Crippen molar-refractivity contribution in [1.29, 1.82) is 0 Å². The van der Waals surface area contributed by atoms with Gasteiger partial charge in [0.1, 0.15) is 11.6 Å². The van der Waals surface area contributed by atoms with Gasteiger partial charge in [0.15, 0.2) is 0 Å². The zero-order valence-electron chi connectivity index (χ0n) is 14.8. The fourth-order valence-electron chi connectivity index (χ4n) is 3.11. The summed E-state index contributed by atoms with van der Waals surface area (Å²) in [5.74, 6) is 0.373. The summed E-state index contributed by atoms with van der Waals surface area (Å²) in [4.78, 5) is 16.3. The van der Waals surface area contributed by atoms with Crippen molar-refractivity contribution in [2.75, 3.05) is 33.8 Å². The van der Waals surface area contributed by atoms with Crippen LogP contribution in [0.3, 0.4) is 0 Å². The molecule has 1 aliphatic carbocycles. The van der Waals surface area contributed by atoms with E-state index in [9.17, 15) is 9.18 Å². The molecule has 1 saturated carbocycles. The normalized spacial score (nSPS) is 15.5. The topological polar surface area (TPSA) is 32.8 Å². The first kappa shape index (κ1) is 18.7. The fourth-order valence-corrected chi connectivity index (χ4v) is 3.11. The standard InChI is InChI=1S/C19H29FN2O2/c1-21(17-6-4-3-5-7-17)13-14-22(2)19(23)12-15-24-18-10-8-16(20)9-11-18/h8-11,17H,3-7,12-15H2,1-2H3. The van der Waals surface area contributed by atoms with Gasteiger partial charge in [-0.25, -0.2) is 4.39 Å². The Kier molecular flexibility index (Phi) is 7.50. The van der Waals surface area contributed by atoms with Crippen LogP contribution in [0.1, 0.15) is 38.5 Å². The van der Waals surface area contributed by atoms with E-state index in [1.165, 1.54) is 44.2 Å². The molecule has 0 atom stereocenters. The third-order valence-electron chi connectivity index (χ3n) is 4.81. The van der Waals surface area contributed by atoms with Crippen molar-refractivity contribution in [3.8, 4) is 5.75 Å². The molecule has 0 spiro atoms. The maximum Gasteiger partial charge on any atom is 0.225 e. The highest BCUT2D eigenvalue weighted by molar-refractivity contribution is 5.75. The van der Waals surface area contributed by atoms with Gasteiger partial charge in [0, 0.05) is 26.2 Å². The van der Waals surface area contributed by atoms with Crippen LogP contribution in [0.15, 0.2) is 24.3 Å². The Morgan fingerprint density at radius 1 is 1.12 bits per heavy atom. The van der Waals surface area contributed by atoms with Gasteiger partial charge >= 0.3 is 0 Å². The molecule has 134 valence electrons. The third-order valence-corrected chi connectivity index (χ3v) is 4.81. The minimum atomic E-state index is -0.291. The lowest BCUT2D eigenvalue weighted by Gasteiger charge is -2.32. The molecule has 4 nitrogen and oxygen atoms in total. The van der Waals surface area contributed by atoms with E-state index in [-0.39, 0.29) is 11.7 Å². The van der Waals surface area contributed by atoms with E-state index >= 15 is 0 Å². The zero-order chi connectivity index (χ0) is 17.4. The van der Waals surface area contributed by atoms with Crippen molar-refractivity contribution in [1.82, 2.24) is 9.80 Å². The van der Waals surface area contributed by atoms with Crippen LogP contribution in [0.4, 0.5) is 4.39 Å². The molecule has 1 aromatic carbocycles. The molecule has 0 saturated heterocycles. The molecular formula is C19H29FN2O2. The van der Waals surface area contributed by atoms with E-state index in [1.807, 2.05) is 7.05 Å². The Morgan fingerprint density at radius 2 is 1.79 bits per heavy atom. The van der Waals surface area contributed by atoms with Gasteiger partial charge in [0.2, 0.25) is 5.91 Å². The second-order valence-corrected chi connectivity index (χ2v) is 6.64. The molecule has 1 aliphatic rings. The smallest absolute Gasteiger partial charge is 0.225 e. The summed E-state index contributed by atoms with van der Waals surface area (Å²) < 4.78 is 18.3. The molecule has 0 N–H and O–H groups in total. The van der Waals surface area contributed by atoms with E-state index in [2.05, 4.69) is 11.9 Å². The SMILES string of the molecule is CN(CCN(C)C1CCCCC1)C(=O)CCOc1ccc(F)cc1. The second kappa shape index (κ2) is 9.62. The van der Waals surface area contributed by atoms with E-state index in [0.717, 1.165) is 13.1 Å². The molecule has 1 amide bonds. The fraction of sp³-hybridized carbons (Fsp3) is 0.632. The van der Waals surface area contributed by atoms with Gasteiger partial charge in [-0.3, -0.25) is 4.79 Å². The van der Waals surface area contributed by atoms with Gasteiger partial charge in [0.05, 0.1) is 13.0 Å². The second-order valence-electron chi connectivity index (χ2n) is 6.64. The summed E-state index contributed by atoms with van der Waals surface area (Å²) in [6.45, 7) is 1.96.